The van der Waals surface area contributed by atoms with Gasteiger partial charge in [-0.3, -0.25) is 23.1 Å². The van der Waals surface area contributed by atoms with E-state index in [4.69, 9.17) is 4.74 Å². The number of aryl methyl sites for hydroxylation is 1. The fourth-order valence-electron chi connectivity index (χ4n) is 4.28. The van der Waals surface area contributed by atoms with Crippen molar-refractivity contribution in [2.75, 3.05) is 6.61 Å². The van der Waals surface area contributed by atoms with E-state index in [0.29, 0.717) is 28.8 Å². The molecule has 0 aliphatic carbocycles. The quantitative estimate of drug-likeness (QED) is 0.260. The molecule has 0 aliphatic heterocycles. The average molecular weight is 565 g/mol. The van der Waals surface area contributed by atoms with E-state index >= 15 is 0 Å². The van der Waals surface area contributed by atoms with Crippen LogP contribution in [0.25, 0.3) is 16.4 Å². The molecule has 0 spiro atoms. The zero-order chi connectivity index (χ0) is 26.1. The molecule has 0 unspecified atom stereocenters. The van der Waals surface area contributed by atoms with Gasteiger partial charge in [-0.15, -0.1) is 0 Å². The zero-order valence-electron chi connectivity index (χ0n) is 19.9. The number of ether oxygens (including phenoxy) is 1. The van der Waals surface area contributed by atoms with Crippen LogP contribution in [0.15, 0.2) is 81.1 Å². The van der Waals surface area contributed by atoms with Gasteiger partial charge >= 0.3 is 5.69 Å². The Morgan fingerprint density at radius 1 is 1.00 bits per heavy atom. The zero-order valence-corrected chi connectivity index (χ0v) is 21.4. The van der Waals surface area contributed by atoms with Crippen LogP contribution in [0.4, 0.5) is 4.39 Å². The van der Waals surface area contributed by atoms with Crippen molar-refractivity contribution in [3.63, 3.8) is 0 Å². The van der Waals surface area contributed by atoms with E-state index in [2.05, 4.69) is 20.9 Å². The minimum absolute atomic E-state index is 0.00921. The number of rotatable bonds is 8. The van der Waals surface area contributed by atoms with Crippen molar-refractivity contribution in [1.82, 2.24) is 18.5 Å². The molecule has 10 heteroatoms. The Labute approximate surface area is 218 Å². The van der Waals surface area contributed by atoms with Gasteiger partial charge in [0, 0.05) is 18.3 Å². The first-order valence-electron chi connectivity index (χ1n) is 11.7. The van der Waals surface area contributed by atoms with Crippen molar-refractivity contribution in [3.05, 3.63) is 110 Å². The second-order valence-corrected chi connectivity index (χ2v) is 9.19. The maximum absolute atomic E-state index is 13.4. The molecule has 2 aromatic carbocycles. The van der Waals surface area contributed by atoms with E-state index in [1.54, 1.807) is 28.8 Å². The number of hydrogen-bond acceptors (Lipinski definition) is 5. The van der Waals surface area contributed by atoms with E-state index in [1.807, 2.05) is 19.1 Å². The Morgan fingerprint density at radius 2 is 1.78 bits per heavy atom. The van der Waals surface area contributed by atoms with Gasteiger partial charge in [-0.2, -0.15) is 0 Å². The molecule has 3 heterocycles. The fourth-order valence-corrected chi connectivity index (χ4v) is 4.77. The van der Waals surface area contributed by atoms with Crippen LogP contribution in [-0.2, 0) is 13.1 Å². The number of fused-ring (bicyclic) bond motifs is 2. The van der Waals surface area contributed by atoms with Crippen LogP contribution in [0.5, 0.6) is 5.75 Å². The molecule has 0 aliphatic rings. The lowest BCUT2D eigenvalue weighted by Gasteiger charge is -2.14. The Bertz CT molecular complexity index is 1760. The SMILES string of the molecule is CCCn1c(=O)n(CCOc2ccc(F)cc2)c(=O)c2cc(C(=O)c3nc(Br)c4ccccn34)ccc21. The highest BCUT2D eigenvalue weighted by molar-refractivity contribution is 9.10. The van der Waals surface area contributed by atoms with Crippen LogP contribution < -0.4 is 16.0 Å². The van der Waals surface area contributed by atoms with Crippen molar-refractivity contribution in [2.45, 2.75) is 26.4 Å². The molecule has 0 atom stereocenters. The summed E-state index contributed by atoms with van der Waals surface area (Å²) in [5, 5.41) is 0.251. The molecule has 0 bridgehead atoms. The maximum atomic E-state index is 13.4. The minimum atomic E-state index is -0.515. The largest absolute Gasteiger partial charge is 0.492 e. The van der Waals surface area contributed by atoms with Gasteiger partial charge in [0.2, 0.25) is 5.78 Å². The first-order chi connectivity index (χ1) is 17.9. The number of nitrogens with zero attached hydrogens (tertiary/aromatic N) is 4. The van der Waals surface area contributed by atoms with Gasteiger partial charge in [0.1, 0.15) is 22.8 Å². The third-order valence-electron chi connectivity index (χ3n) is 6.04. The summed E-state index contributed by atoms with van der Waals surface area (Å²) in [4.78, 5) is 44.4. The second-order valence-electron chi connectivity index (χ2n) is 8.44. The van der Waals surface area contributed by atoms with Crippen LogP contribution in [0.2, 0.25) is 0 Å². The Morgan fingerprint density at radius 3 is 2.54 bits per heavy atom. The van der Waals surface area contributed by atoms with Gasteiger partial charge in [-0.1, -0.05) is 13.0 Å². The lowest BCUT2D eigenvalue weighted by atomic mass is 10.1. The number of pyridine rings is 1. The Balaban J connectivity index is 1.55. The summed E-state index contributed by atoms with van der Waals surface area (Å²) in [5.74, 6) is -0.110. The van der Waals surface area contributed by atoms with Gasteiger partial charge in [-0.05, 0) is 76.9 Å². The van der Waals surface area contributed by atoms with E-state index in [-0.39, 0.29) is 41.5 Å². The van der Waals surface area contributed by atoms with Gasteiger partial charge in [0.25, 0.3) is 5.56 Å². The third-order valence-corrected chi connectivity index (χ3v) is 6.62. The fraction of sp³-hybridized carbons (Fsp3) is 0.185. The number of hydrogen-bond donors (Lipinski definition) is 0. The topological polar surface area (TPSA) is 87.6 Å². The maximum Gasteiger partial charge on any atom is 0.331 e. The van der Waals surface area contributed by atoms with Crippen LogP contribution in [0.1, 0.15) is 29.5 Å². The van der Waals surface area contributed by atoms with Crippen molar-refractivity contribution in [2.24, 2.45) is 0 Å². The number of carbonyl (C=O) groups excluding carboxylic acids is 1. The highest BCUT2D eigenvalue weighted by atomic mass is 79.9. The monoisotopic (exact) mass is 564 g/mol. The van der Waals surface area contributed by atoms with Crippen molar-refractivity contribution in [3.8, 4) is 5.75 Å². The van der Waals surface area contributed by atoms with E-state index in [0.717, 1.165) is 10.1 Å². The molecule has 188 valence electrons. The molecule has 0 fully saturated rings. The summed E-state index contributed by atoms with van der Waals surface area (Å²) in [5.41, 5.74) is 0.511. The lowest BCUT2D eigenvalue weighted by Crippen LogP contribution is -2.41. The molecule has 5 aromatic rings. The minimum Gasteiger partial charge on any atom is -0.492 e. The Kier molecular flexibility index (Phi) is 6.75. The molecule has 0 radical (unpaired) electrons. The van der Waals surface area contributed by atoms with Crippen LogP contribution in [-0.4, -0.2) is 30.9 Å². The van der Waals surface area contributed by atoms with Crippen LogP contribution in [0.3, 0.4) is 0 Å². The standard InChI is InChI=1S/C27H22BrFN4O4/c1-2-12-32-21-11-6-17(23(34)25-30-24(28)22-5-3-4-13-31(22)25)16-20(21)26(35)33(27(32)36)14-15-37-19-9-7-18(29)8-10-19/h3-11,13,16H,2,12,14-15H2,1H3. The molecule has 0 saturated heterocycles. The molecular weight excluding hydrogens is 543 g/mol. The number of carbonyl (C=O) groups is 1. The first kappa shape index (κ1) is 24.6. The number of ketones is 1. The van der Waals surface area contributed by atoms with E-state index in [1.165, 1.54) is 34.9 Å². The summed E-state index contributed by atoms with van der Waals surface area (Å²) in [7, 11) is 0. The Hall–Kier alpha value is -4.05. The van der Waals surface area contributed by atoms with Gasteiger partial charge < -0.3 is 4.74 Å². The van der Waals surface area contributed by atoms with Gasteiger partial charge in [0.05, 0.1) is 23.0 Å². The molecule has 8 nitrogen and oxygen atoms in total. The van der Waals surface area contributed by atoms with Crippen molar-refractivity contribution >= 4 is 38.1 Å². The summed E-state index contributed by atoms with van der Waals surface area (Å²) >= 11 is 3.39. The highest BCUT2D eigenvalue weighted by Crippen LogP contribution is 2.22. The summed E-state index contributed by atoms with van der Waals surface area (Å²) in [6.45, 7) is 2.36. The van der Waals surface area contributed by atoms with Gasteiger partial charge in [0.15, 0.2) is 5.82 Å². The molecule has 0 N–H and O–H groups in total. The molecule has 37 heavy (non-hydrogen) atoms. The first-order valence-corrected chi connectivity index (χ1v) is 12.5. The average Bonchev–Trinajstić information content (AvgIpc) is 3.25. The molecule has 5 rings (SSSR count). The number of imidazole rings is 1. The molecule has 3 aromatic heterocycles. The molecule has 0 amide bonds. The highest BCUT2D eigenvalue weighted by Gasteiger charge is 2.20. The lowest BCUT2D eigenvalue weighted by molar-refractivity contribution is 0.102. The van der Waals surface area contributed by atoms with E-state index in [9.17, 15) is 18.8 Å². The van der Waals surface area contributed by atoms with Crippen molar-refractivity contribution in [1.29, 1.82) is 0 Å². The van der Waals surface area contributed by atoms with Crippen molar-refractivity contribution < 1.29 is 13.9 Å². The summed E-state index contributed by atoms with van der Waals surface area (Å²) in [6.07, 6.45) is 2.42. The molecule has 0 saturated carbocycles. The van der Waals surface area contributed by atoms with Gasteiger partial charge in [-0.25, -0.2) is 14.2 Å². The number of halogens is 2. The summed E-state index contributed by atoms with van der Waals surface area (Å²) < 4.78 is 23.6. The normalized spacial score (nSPS) is 11.3. The third kappa shape index (κ3) is 4.60. The second kappa shape index (κ2) is 10.1. The predicted molar refractivity (Wildman–Crippen MR) is 141 cm³/mol. The number of benzene rings is 2. The summed E-state index contributed by atoms with van der Waals surface area (Å²) in [6, 6.07) is 15.7. The van der Waals surface area contributed by atoms with Crippen LogP contribution >= 0.6 is 15.9 Å². The number of aromatic nitrogens is 4. The predicted octanol–water partition coefficient (Wildman–Crippen LogP) is 4.43. The van der Waals surface area contributed by atoms with Crippen LogP contribution in [0, 0.1) is 5.82 Å². The van der Waals surface area contributed by atoms with E-state index < -0.39 is 11.2 Å². The smallest absolute Gasteiger partial charge is 0.331 e. The molecular formula is C27H22BrFN4O4.